The number of allylic oxidation sites excluding steroid dienone is 1. The van der Waals surface area contributed by atoms with Crippen molar-refractivity contribution in [1.82, 2.24) is 0 Å². The number of nitriles is 1. The summed E-state index contributed by atoms with van der Waals surface area (Å²) in [6, 6.07) is 27.1. The van der Waals surface area contributed by atoms with Crippen LogP contribution in [0.2, 0.25) is 5.02 Å². The highest BCUT2D eigenvalue weighted by molar-refractivity contribution is 9.10. The van der Waals surface area contributed by atoms with Crippen molar-refractivity contribution in [2.24, 2.45) is 5.73 Å². The van der Waals surface area contributed by atoms with Gasteiger partial charge in [0.2, 0.25) is 5.88 Å². The van der Waals surface area contributed by atoms with Gasteiger partial charge in [-0.05, 0) is 64.8 Å². The Morgan fingerprint density at radius 3 is 2.56 bits per heavy atom. The second-order valence-electron chi connectivity index (χ2n) is 9.01. The SMILES string of the molecule is CCOc1cc(C2C(C#N)=C(N)Oc3cc(OC(=O)c4ccccc4Br)ccc32)ccc1OCc1ccccc1Cl. The Morgan fingerprint density at radius 1 is 1.02 bits per heavy atom. The summed E-state index contributed by atoms with van der Waals surface area (Å²) in [5, 5.41) is 10.6. The Morgan fingerprint density at radius 2 is 1.80 bits per heavy atom. The Labute approximate surface area is 250 Å². The molecule has 0 bridgehead atoms. The molecule has 1 aliphatic heterocycles. The average Bonchev–Trinajstić information content (AvgIpc) is 2.97. The monoisotopic (exact) mass is 630 g/mol. The van der Waals surface area contributed by atoms with Gasteiger partial charge < -0.3 is 24.7 Å². The van der Waals surface area contributed by atoms with Gasteiger partial charge in [-0.25, -0.2) is 4.79 Å². The molecular weight excluding hydrogens is 608 g/mol. The third-order valence-electron chi connectivity index (χ3n) is 6.44. The molecule has 0 spiro atoms. The largest absolute Gasteiger partial charge is 0.490 e. The summed E-state index contributed by atoms with van der Waals surface area (Å²) >= 11 is 9.66. The van der Waals surface area contributed by atoms with Crippen LogP contribution in [0.4, 0.5) is 0 Å². The van der Waals surface area contributed by atoms with Gasteiger partial charge >= 0.3 is 5.97 Å². The molecule has 206 valence electrons. The normalized spacial score (nSPS) is 14.0. The lowest BCUT2D eigenvalue weighted by Gasteiger charge is -2.27. The Hall–Kier alpha value is -4.45. The zero-order chi connectivity index (χ0) is 28.9. The molecule has 0 fully saturated rings. The van der Waals surface area contributed by atoms with Gasteiger partial charge in [0.15, 0.2) is 11.5 Å². The molecule has 4 aromatic carbocycles. The van der Waals surface area contributed by atoms with Crippen LogP contribution in [-0.4, -0.2) is 12.6 Å². The number of rotatable bonds is 8. The van der Waals surface area contributed by atoms with Gasteiger partial charge in [0.05, 0.1) is 18.1 Å². The number of benzene rings is 4. The first-order chi connectivity index (χ1) is 19.9. The van der Waals surface area contributed by atoms with Crippen molar-refractivity contribution < 1.29 is 23.7 Å². The van der Waals surface area contributed by atoms with Gasteiger partial charge in [-0.2, -0.15) is 5.26 Å². The van der Waals surface area contributed by atoms with E-state index in [0.29, 0.717) is 44.5 Å². The van der Waals surface area contributed by atoms with E-state index < -0.39 is 11.9 Å². The molecule has 1 heterocycles. The van der Waals surface area contributed by atoms with Gasteiger partial charge in [-0.15, -0.1) is 0 Å². The predicted molar refractivity (Wildman–Crippen MR) is 158 cm³/mol. The van der Waals surface area contributed by atoms with Gasteiger partial charge in [0.1, 0.15) is 29.7 Å². The zero-order valence-electron chi connectivity index (χ0n) is 21.9. The second-order valence-corrected chi connectivity index (χ2v) is 10.3. The molecule has 0 saturated carbocycles. The molecule has 0 aliphatic carbocycles. The fourth-order valence-corrected chi connectivity index (χ4v) is 5.13. The van der Waals surface area contributed by atoms with Crippen LogP contribution in [-0.2, 0) is 6.61 Å². The van der Waals surface area contributed by atoms with Gasteiger partial charge in [-0.3, -0.25) is 0 Å². The summed E-state index contributed by atoms with van der Waals surface area (Å²) in [6.45, 7) is 2.55. The maximum atomic E-state index is 12.7. The van der Waals surface area contributed by atoms with Crippen molar-refractivity contribution in [3.8, 4) is 29.1 Å². The maximum absolute atomic E-state index is 12.7. The number of nitrogens with two attached hydrogens (primary N) is 1. The van der Waals surface area contributed by atoms with Gasteiger partial charge in [0, 0.05) is 26.7 Å². The number of hydrogen-bond acceptors (Lipinski definition) is 7. The van der Waals surface area contributed by atoms with Gasteiger partial charge in [0.25, 0.3) is 0 Å². The fraction of sp³-hybridized carbons (Fsp3) is 0.125. The summed E-state index contributed by atoms with van der Waals surface area (Å²) < 4.78 is 24.0. The number of esters is 1. The molecule has 2 N–H and O–H groups in total. The standard InChI is InChI=1S/C32H24BrClN2O5/c1-2-38-29-15-19(11-14-27(29)39-18-20-7-3-6-10-26(20)34)30-23-13-12-21(16-28(23)41-31(36)24(30)17-35)40-32(37)22-8-4-5-9-25(22)33/h3-16,30H,2,18,36H2,1H3. The Kier molecular flexibility index (Phi) is 8.48. The van der Waals surface area contributed by atoms with Crippen LogP contribution in [0.1, 0.15) is 39.9 Å². The smallest absolute Gasteiger partial charge is 0.344 e. The molecule has 0 aromatic heterocycles. The minimum Gasteiger partial charge on any atom is -0.490 e. The second kappa shape index (κ2) is 12.4. The van der Waals surface area contributed by atoms with Crippen LogP contribution in [0.5, 0.6) is 23.0 Å². The van der Waals surface area contributed by atoms with Crippen LogP contribution in [0.15, 0.2) is 101 Å². The number of ether oxygens (including phenoxy) is 4. The molecule has 5 rings (SSSR count). The number of carbonyl (C=O) groups is 1. The molecule has 0 amide bonds. The molecule has 7 nitrogen and oxygen atoms in total. The summed E-state index contributed by atoms with van der Waals surface area (Å²) in [7, 11) is 0. The van der Waals surface area contributed by atoms with Crippen molar-refractivity contribution in [3.63, 3.8) is 0 Å². The van der Waals surface area contributed by atoms with Crippen LogP contribution < -0.4 is 24.7 Å². The quantitative estimate of drug-likeness (QED) is 0.158. The van der Waals surface area contributed by atoms with E-state index in [1.54, 1.807) is 42.5 Å². The molecule has 0 saturated heterocycles. The lowest BCUT2D eigenvalue weighted by Crippen LogP contribution is -2.21. The maximum Gasteiger partial charge on any atom is 0.344 e. The molecule has 9 heteroatoms. The molecule has 41 heavy (non-hydrogen) atoms. The van der Waals surface area contributed by atoms with E-state index in [1.165, 1.54) is 0 Å². The highest BCUT2D eigenvalue weighted by atomic mass is 79.9. The van der Waals surface area contributed by atoms with E-state index in [0.717, 1.165) is 11.1 Å². The first-order valence-electron chi connectivity index (χ1n) is 12.7. The summed E-state index contributed by atoms with van der Waals surface area (Å²) in [5.41, 5.74) is 9.12. The van der Waals surface area contributed by atoms with Crippen molar-refractivity contribution in [3.05, 3.63) is 128 Å². The molecule has 1 aliphatic rings. The molecular formula is C32H24BrClN2O5. The molecule has 1 unspecified atom stereocenters. The van der Waals surface area contributed by atoms with E-state index in [1.807, 2.05) is 49.4 Å². The number of fused-ring (bicyclic) bond motifs is 1. The van der Waals surface area contributed by atoms with Crippen molar-refractivity contribution in [2.75, 3.05) is 6.61 Å². The number of halogens is 2. The molecule has 1 atom stereocenters. The highest BCUT2D eigenvalue weighted by Gasteiger charge is 2.32. The third kappa shape index (κ3) is 6.02. The molecule has 4 aromatic rings. The summed E-state index contributed by atoms with van der Waals surface area (Å²) in [6.07, 6.45) is 0. The van der Waals surface area contributed by atoms with Crippen LogP contribution in [0, 0.1) is 11.3 Å². The van der Waals surface area contributed by atoms with Gasteiger partial charge in [-0.1, -0.05) is 54.1 Å². The predicted octanol–water partition coefficient (Wildman–Crippen LogP) is 7.52. The zero-order valence-corrected chi connectivity index (χ0v) is 24.2. The lowest BCUT2D eigenvalue weighted by atomic mass is 9.83. The minimum atomic E-state index is -0.548. The first-order valence-corrected chi connectivity index (χ1v) is 13.9. The summed E-state index contributed by atoms with van der Waals surface area (Å²) in [5.74, 6) is 0.591. The number of carbonyl (C=O) groups excluding carboxylic acids is 1. The van der Waals surface area contributed by atoms with Crippen molar-refractivity contribution >= 4 is 33.5 Å². The number of hydrogen-bond donors (Lipinski definition) is 1. The van der Waals surface area contributed by atoms with E-state index >= 15 is 0 Å². The molecule has 0 radical (unpaired) electrons. The first kappa shape index (κ1) is 28.1. The third-order valence-corrected chi connectivity index (χ3v) is 7.50. The fourth-order valence-electron chi connectivity index (χ4n) is 4.49. The van der Waals surface area contributed by atoms with Crippen molar-refractivity contribution in [1.29, 1.82) is 5.26 Å². The number of nitrogens with zero attached hydrogens (tertiary/aromatic N) is 1. The lowest BCUT2D eigenvalue weighted by molar-refractivity contribution is 0.0733. The topological polar surface area (TPSA) is 104 Å². The van der Waals surface area contributed by atoms with E-state index in [9.17, 15) is 10.1 Å². The van der Waals surface area contributed by atoms with E-state index in [-0.39, 0.29) is 23.8 Å². The highest BCUT2D eigenvalue weighted by Crippen LogP contribution is 2.45. The van der Waals surface area contributed by atoms with E-state index in [2.05, 4.69) is 22.0 Å². The average molecular weight is 632 g/mol. The van der Waals surface area contributed by atoms with Crippen LogP contribution in [0.3, 0.4) is 0 Å². The Balaban J connectivity index is 1.46. The Bertz CT molecular complexity index is 1700. The van der Waals surface area contributed by atoms with Crippen LogP contribution in [0.25, 0.3) is 0 Å². The minimum absolute atomic E-state index is 0.0312. The van der Waals surface area contributed by atoms with Crippen LogP contribution >= 0.6 is 27.5 Å². The van der Waals surface area contributed by atoms with E-state index in [4.69, 9.17) is 36.3 Å². The summed E-state index contributed by atoms with van der Waals surface area (Å²) in [4.78, 5) is 12.7. The van der Waals surface area contributed by atoms with Crippen molar-refractivity contribution in [2.45, 2.75) is 19.4 Å².